The lowest BCUT2D eigenvalue weighted by Gasteiger charge is -2.23. The largest absolute Gasteiger partial charge is 0.399 e. The van der Waals surface area contributed by atoms with E-state index in [-0.39, 0.29) is 17.0 Å². The van der Waals surface area contributed by atoms with Crippen molar-refractivity contribution in [3.8, 4) is 0 Å². The Kier molecular flexibility index (Phi) is 4.36. The van der Waals surface area contributed by atoms with Crippen molar-refractivity contribution in [1.82, 2.24) is 5.32 Å². The Bertz CT molecular complexity index is 457. The summed E-state index contributed by atoms with van der Waals surface area (Å²) < 4.78 is 0. The van der Waals surface area contributed by atoms with Crippen LogP contribution in [0, 0.1) is 0 Å². The molecule has 1 saturated carbocycles. The summed E-state index contributed by atoms with van der Waals surface area (Å²) in [6, 6.07) is 3.34. The lowest BCUT2D eigenvalue weighted by atomic mass is 9.95. The quantitative estimate of drug-likeness (QED) is 0.816. The van der Waals surface area contributed by atoms with Crippen molar-refractivity contribution in [1.29, 1.82) is 0 Å². The molecule has 3 nitrogen and oxygen atoms in total. The maximum absolute atomic E-state index is 12.1. The molecule has 0 heterocycles. The van der Waals surface area contributed by atoms with Gasteiger partial charge in [-0.25, -0.2) is 0 Å². The standard InChI is InChI=1S/C13H16Cl2N2O/c14-11-7-8(16)6-10(12(11)15)13(18)17-9-4-2-1-3-5-9/h6-7,9H,1-5,16H2,(H,17,18). The molecule has 0 unspecified atom stereocenters. The summed E-state index contributed by atoms with van der Waals surface area (Å²) in [4.78, 5) is 12.1. The van der Waals surface area contributed by atoms with Gasteiger partial charge in [-0.3, -0.25) is 4.79 Å². The summed E-state index contributed by atoms with van der Waals surface area (Å²) in [5, 5.41) is 3.57. The van der Waals surface area contributed by atoms with Gasteiger partial charge in [0, 0.05) is 11.7 Å². The van der Waals surface area contributed by atoms with Gasteiger partial charge in [0.1, 0.15) is 0 Å². The lowest BCUT2D eigenvalue weighted by Crippen LogP contribution is -2.36. The van der Waals surface area contributed by atoms with Crippen LogP contribution in [0.25, 0.3) is 0 Å². The number of hydrogen-bond donors (Lipinski definition) is 2. The van der Waals surface area contributed by atoms with Gasteiger partial charge >= 0.3 is 0 Å². The minimum absolute atomic E-state index is 0.193. The maximum Gasteiger partial charge on any atom is 0.253 e. The number of halogens is 2. The highest BCUT2D eigenvalue weighted by Gasteiger charge is 2.19. The van der Waals surface area contributed by atoms with Crippen LogP contribution < -0.4 is 11.1 Å². The number of carbonyl (C=O) groups excluding carboxylic acids is 1. The van der Waals surface area contributed by atoms with Crippen molar-refractivity contribution in [2.75, 3.05) is 5.73 Å². The van der Waals surface area contributed by atoms with Gasteiger partial charge in [-0.15, -0.1) is 0 Å². The highest BCUT2D eigenvalue weighted by molar-refractivity contribution is 6.44. The normalized spacial score (nSPS) is 16.6. The summed E-state index contributed by atoms with van der Waals surface area (Å²) in [6.45, 7) is 0. The molecule has 3 N–H and O–H groups in total. The third-order valence-corrected chi connectivity index (χ3v) is 4.04. The van der Waals surface area contributed by atoms with Crippen LogP contribution in [0.4, 0.5) is 5.69 Å². The molecule has 18 heavy (non-hydrogen) atoms. The molecule has 1 fully saturated rings. The van der Waals surface area contributed by atoms with Gasteiger partial charge in [0.05, 0.1) is 15.6 Å². The van der Waals surface area contributed by atoms with Crippen molar-refractivity contribution in [3.63, 3.8) is 0 Å². The first-order valence-electron chi connectivity index (χ1n) is 6.13. The van der Waals surface area contributed by atoms with Crippen LogP contribution >= 0.6 is 23.2 Å². The molecule has 0 bridgehead atoms. The molecular weight excluding hydrogens is 271 g/mol. The number of rotatable bonds is 2. The monoisotopic (exact) mass is 286 g/mol. The Morgan fingerprint density at radius 2 is 1.89 bits per heavy atom. The minimum atomic E-state index is -0.193. The summed E-state index contributed by atoms with van der Waals surface area (Å²) >= 11 is 11.9. The van der Waals surface area contributed by atoms with Gasteiger partial charge in [0.2, 0.25) is 0 Å². The van der Waals surface area contributed by atoms with Crippen molar-refractivity contribution in [2.45, 2.75) is 38.1 Å². The SMILES string of the molecule is Nc1cc(Cl)c(Cl)c(C(=O)NC2CCCCC2)c1. The van der Waals surface area contributed by atoms with E-state index in [1.54, 1.807) is 12.1 Å². The smallest absolute Gasteiger partial charge is 0.253 e. The van der Waals surface area contributed by atoms with Gasteiger partial charge in [0.15, 0.2) is 0 Å². The predicted octanol–water partition coefficient (Wildman–Crippen LogP) is 3.64. The Morgan fingerprint density at radius 1 is 1.22 bits per heavy atom. The van der Waals surface area contributed by atoms with Gasteiger partial charge in [-0.05, 0) is 25.0 Å². The van der Waals surface area contributed by atoms with E-state index < -0.39 is 0 Å². The van der Waals surface area contributed by atoms with Crippen LogP contribution in [0.2, 0.25) is 10.0 Å². The number of hydrogen-bond acceptors (Lipinski definition) is 2. The number of amides is 1. The van der Waals surface area contributed by atoms with Gasteiger partial charge in [-0.1, -0.05) is 42.5 Å². The molecular formula is C13H16Cl2N2O. The predicted molar refractivity (Wildman–Crippen MR) is 75.2 cm³/mol. The molecule has 0 radical (unpaired) electrons. The van der Waals surface area contributed by atoms with Crippen LogP contribution in [0.1, 0.15) is 42.5 Å². The summed E-state index contributed by atoms with van der Waals surface area (Å²) in [5.41, 5.74) is 6.47. The second-order valence-corrected chi connectivity index (χ2v) is 5.46. The molecule has 0 aromatic heterocycles. The average molecular weight is 287 g/mol. The van der Waals surface area contributed by atoms with Crippen LogP contribution in [-0.2, 0) is 0 Å². The summed E-state index contributed by atoms with van der Waals surface area (Å²) in [7, 11) is 0. The zero-order chi connectivity index (χ0) is 13.1. The Balaban J connectivity index is 2.13. The summed E-state index contributed by atoms with van der Waals surface area (Å²) in [6.07, 6.45) is 5.63. The fourth-order valence-electron chi connectivity index (χ4n) is 2.29. The first-order chi connectivity index (χ1) is 8.58. The van der Waals surface area contributed by atoms with E-state index in [1.807, 2.05) is 0 Å². The van der Waals surface area contributed by atoms with Crippen LogP contribution in [0.3, 0.4) is 0 Å². The number of nitrogens with two attached hydrogens (primary N) is 1. The van der Waals surface area contributed by atoms with Crippen molar-refractivity contribution >= 4 is 34.8 Å². The third kappa shape index (κ3) is 3.09. The zero-order valence-corrected chi connectivity index (χ0v) is 11.5. The van der Waals surface area contributed by atoms with Crippen molar-refractivity contribution < 1.29 is 4.79 Å². The molecule has 0 atom stereocenters. The van der Waals surface area contributed by atoms with E-state index in [4.69, 9.17) is 28.9 Å². The van der Waals surface area contributed by atoms with E-state index >= 15 is 0 Å². The van der Waals surface area contributed by atoms with Gasteiger partial charge in [0.25, 0.3) is 5.91 Å². The van der Waals surface area contributed by atoms with E-state index in [0.29, 0.717) is 16.3 Å². The molecule has 98 valence electrons. The van der Waals surface area contributed by atoms with Gasteiger partial charge in [-0.2, -0.15) is 0 Å². The number of nitrogens with one attached hydrogen (secondary N) is 1. The molecule has 1 aliphatic rings. The number of carbonyl (C=O) groups is 1. The molecule has 0 aliphatic heterocycles. The average Bonchev–Trinajstić information content (AvgIpc) is 2.35. The molecule has 1 aromatic rings. The van der Waals surface area contributed by atoms with E-state index in [2.05, 4.69) is 5.32 Å². The van der Waals surface area contributed by atoms with E-state index in [1.165, 1.54) is 6.42 Å². The first kappa shape index (κ1) is 13.5. The maximum atomic E-state index is 12.1. The fraction of sp³-hybridized carbons (Fsp3) is 0.462. The summed E-state index contributed by atoms with van der Waals surface area (Å²) in [5.74, 6) is -0.193. The second-order valence-electron chi connectivity index (χ2n) is 4.67. The highest BCUT2D eigenvalue weighted by Crippen LogP contribution is 2.29. The molecule has 0 spiro atoms. The van der Waals surface area contributed by atoms with Crippen LogP contribution in [-0.4, -0.2) is 11.9 Å². The number of nitrogen functional groups attached to an aromatic ring is 1. The Labute approximate surface area is 117 Å². The highest BCUT2D eigenvalue weighted by atomic mass is 35.5. The van der Waals surface area contributed by atoms with Crippen molar-refractivity contribution in [3.05, 3.63) is 27.7 Å². The third-order valence-electron chi connectivity index (χ3n) is 3.24. The molecule has 1 amide bonds. The van der Waals surface area contributed by atoms with Crippen LogP contribution in [0.5, 0.6) is 0 Å². The van der Waals surface area contributed by atoms with Crippen LogP contribution in [0.15, 0.2) is 12.1 Å². The Hall–Kier alpha value is -0.930. The molecule has 5 heteroatoms. The zero-order valence-electron chi connectivity index (χ0n) is 10.0. The molecule has 1 aliphatic carbocycles. The molecule has 0 saturated heterocycles. The number of anilines is 1. The molecule has 1 aromatic carbocycles. The fourth-order valence-corrected chi connectivity index (χ4v) is 2.71. The van der Waals surface area contributed by atoms with Crippen molar-refractivity contribution in [2.24, 2.45) is 0 Å². The minimum Gasteiger partial charge on any atom is -0.399 e. The lowest BCUT2D eigenvalue weighted by molar-refractivity contribution is 0.0928. The van der Waals surface area contributed by atoms with Gasteiger partial charge < -0.3 is 11.1 Å². The Morgan fingerprint density at radius 3 is 2.56 bits per heavy atom. The number of benzene rings is 1. The first-order valence-corrected chi connectivity index (χ1v) is 6.89. The topological polar surface area (TPSA) is 55.1 Å². The van der Waals surface area contributed by atoms with E-state index in [9.17, 15) is 4.79 Å². The second kappa shape index (κ2) is 5.81. The molecule has 2 rings (SSSR count). The van der Waals surface area contributed by atoms with E-state index in [0.717, 1.165) is 25.7 Å².